The maximum absolute atomic E-state index is 3.73. The average molecular weight is 258 g/mol. The molecule has 1 heterocycles. The summed E-state index contributed by atoms with van der Waals surface area (Å²) in [5.74, 6) is 0.933. The summed E-state index contributed by atoms with van der Waals surface area (Å²) in [4.78, 5) is 2.55. The SMILES string of the molecule is CC1CCC(NCCCN2CCc3ccccc32)C1. The molecule has 1 N–H and O–H groups in total. The lowest BCUT2D eigenvalue weighted by Gasteiger charge is -2.20. The van der Waals surface area contributed by atoms with E-state index in [1.807, 2.05) is 0 Å². The van der Waals surface area contributed by atoms with Crippen LogP contribution in [0.25, 0.3) is 0 Å². The average Bonchev–Trinajstić information content (AvgIpc) is 3.02. The zero-order chi connectivity index (χ0) is 13.1. The Hall–Kier alpha value is -1.02. The van der Waals surface area contributed by atoms with E-state index >= 15 is 0 Å². The Morgan fingerprint density at radius 2 is 2.16 bits per heavy atom. The van der Waals surface area contributed by atoms with Crippen molar-refractivity contribution in [2.75, 3.05) is 24.5 Å². The van der Waals surface area contributed by atoms with Crippen molar-refractivity contribution in [3.05, 3.63) is 29.8 Å². The number of para-hydroxylation sites is 1. The van der Waals surface area contributed by atoms with Gasteiger partial charge < -0.3 is 10.2 Å². The fourth-order valence-electron chi connectivity index (χ4n) is 3.61. The van der Waals surface area contributed by atoms with Crippen molar-refractivity contribution in [3.63, 3.8) is 0 Å². The predicted octanol–water partition coefficient (Wildman–Crippen LogP) is 3.22. The highest BCUT2D eigenvalue weighted by Gasteiger charge is 2.21. The number of hydrogen-bond donors (Lipinski definition) is 1. The molecule has 104 valence electrons. The summed E-state index contributed by atoms with van der Waals surface area (Å²) >= 11 is 0. The van der Waals surface area contributed by atoms with Crippen molar-refractivity contribution >= 4 is 5.69 Å². The van der Waals surface area contributed by atoms with Crippen LogP contribution in [0, 0.1) is 5.92 Å². The molecule has 2 heteroatoms. The van der Waals surface area contributed by atoms with E-state index < -0.39 is 0 Å². The van der Waals surface area contributed by atoms with Gasteiger partial charge in [-0.15, -0.1) is 0 Å². The molecule has 1 aliphatic heterocycles. The molecule has 1 fully saturated rings. The molecule has 1 aromatic carbocycles. The van der Waals surface area contributed by atoms with Crippen LogP contribution < -0.4 is 10.2 Å². The van der Waals surface area contributed by atoms with Crippen LogP contribution in [0.3, 0.4) is 0 Å². The Kier molecular flexibility index (Phi) is 4.07. The van der Waals surface area contributed by atoms with Crippen LogP contribution in [0.4, 0.5) is 5.69 Å². The van der Waals surface area contributed by atoms with Gasteiger partial charge >= 0.3 is 0 Å². The van der Waals surface area contributed by atoms with Crippen molar-refractivity contribution in [1.29, 1.82) is 0 Å². The maximum atomic E-state index is 3.73. The molecule has 0 spiro atoms. The second-order valence-corrected chi connectivity index (χ2v) is 6.29. The highest BCUT2D eigenvalue weighted by Crippen LogP contribution is 2.27. The van der Waals surface area contributed by atoms with Crippen LogP contribution in [0.5, 0.6) is 0 Å². The predicted molar refractivity (Wildman–Crippen MR) is 81.8 cm³/mol. The molecular weight excluding hydrogens is 232 g/mol. The minimum absolute atomic E-state index is 0.792. The first-order valence-electron chi connectivity index (χ1n) is 7.89. The smallest absolute Gasteiger partial charge is 0.0399 e. The van der Waals surface area contributed by atoms with Gasteiger partial charge in [0.1, 0.15) is 0 Å². The van der Waals surface area contributed by atoms with E-state index in [0.717, 1.165) is 12.0 Å². The molecular formula is C17H26N2. The number of nitrogens with one attached hydrogen (secondary N) is 1. The summed E-state index contributed by atoms with van der Waals surface area (Å²) in [7, 11) is 0. The van der Waals surface area contributed by atoms with E-state index in [1.54, 1.807) is 0 Å². The molecule has 1 aromatic rings. The molecule has 2 aliphatic rings. The lowest BCUT2D eigenvalue weighted by molar-refractivity contribution is 0.496. The van der Waals surface area contributed by atoms with Crippen molar-refractivity contribution in [2.24, 2.45) is 5.92 Å². The van der Waals surface area contributed by atoms with Crippen LogP contribution in [-0.4, -0.2) is 25.7 Å². The van der Waals surface area contributed by atoms with Crippen LogP contribution in [0.1, 0.15) is 38.2 Å². The van der Waals surface area contributed by atoms with Gasteiger partial charge in [0.2, 0.25) is 0 Å². The number of benzene rings is 1. The monoisotopic (exact) mass is 258 g/mol. The van der Waals surface area contributed by atoms with E-state index in [2.05, 4.69) is 41.4 Å². The van der Waals surface area contributed by atoms with Crippen LogP contribution in [0.15, 0.2) is 24.3 Å². The Morgan fingerprint density at radius 1 is 1.26 bits per heavy atom. The van der Waals surface area contributed by atoms with Gasteiger partial charge in [-0.25, -0.2) is 0 Å². The van der Waals surface area contributed by atoms with Gasteiger partial charge in [0.25, 0.3) is 0 Å². The zero-order valence-corrected chi connectivity index (χ0v) is 12.1. The molecule has 1 aliphatic carbocycles. The van der Waals surface area contributed by atoms with Crippen molar-refractivity contribution in [1.82, 2.24) is 5.32 Å². The maximum Gasteiger partial charge on any atom is 0.0399 e. The van der Waals surface area contributed by atoms with E-state index in [4.69, 9.17) is 0 Å². The summed E-state index contributed by atoms with van der Waals surface area (Å²) < 4.78 is 0. The second kappa shape index (κ2) is 5.96. The second-order valence-electron chi connectivity index (χ2n) is 6.29. The topological polar surface area (TPSA) is 15.3 Å². The highest BCUT2D eigenvalue weighted by atomic mass is 15.1. The zero-order valence-electron chi connectivity index (χ0n) is 12.1. The Labute approximate surface area is 117 Å². The first kappa shape index (κ1) is 13.0. The molecule has 3 rings (SSSR count). The number of anilines is 1. The van der Waals surface area contributed by atoms with Crippen molar-refractivity contribution < 1.29 is 0 Å². The molecule has 0 radical (unpaired) electrons. The standard InChI is InChI=1S/C17H26N2/c1-14-7-8-16(13-14)18-10-4-11-19-12-9-15-5-2-3-6-17(15)19/h2-3,5-6,14,16,18H,4,7-13H2,1H3. The Morgan fingerprint density at radius 3 is 3.00 bits per heavy atom. The molecule has 2 unspecified atom stereocenters. The van der Waals surface area contributed by atoms with Crippen LogP contribution in [0.2, 0.25) is 0 Å². The summed E-state index contributed by atoms with van der Waals surface area (Å²) in [6.07, 6.45) is 6.67. The third-order valence-electron chi connectivity index (χ3n) is 4.72. The fourth-order valence-corrected chi connectivity index (χ4v) is 3.61. The number of nitrogens with zero attached hydrogens (tertiary/aromatic N) is 1. The molecule has 2 atom stereocenters. The molecule has 0 amide bonds. The number of fused-ring (bicyclic) bond motifs is 1. The molecule has 0 aromatic heterocycles. The molecule has 0 saturated heterocycles. The number of hydrogen-bond acceptors (Lipinski definition) is 2. The molecule has 0 bridgehead atoms. The van der Waals surface area contributed by atoms with Crippen LogP contribution >= 0.6 is 0 Å². The molecule has 19 heavy (non-hydrogen) atoms. The first-order valence-corrected chi connectivity index (χ1v) is 7.89. The normalized spacial score (nSPS) is 25.8. The van der Waals surface area contributed by atoms with Gasteiger partial charge in [-0.1, -0.05) is 25.1 Å². The van der Waals surface area contributed by atoms with Gasteiger partial charge in [0.15, 0.2) is 0 Å². The van der Waals surface area contributed by atoms with Crippen LogP contribution in [-0.2, 0) is 6.42 Å². The van der Waals surface area contributed by atoms with Gasteiger partial charge in [0, 0.05) is 24.8 Å². The van der Waals surface area contributed by atoms with E-state index in [-0.39, 0.29) is 0 Å². The van der Waals surface area contributed by atoms with Crippen molar-refractivity contribution in [3.8, 4) is 0 Å². The largest absolute Gasteiger partial charge is 0.371 e. The fraction of sp³-hybridized carbons (Fsp3) is 0.647. The number of rotatable bonds is 5. The summed E-state index contributed by atoms with van der Waals surface area (Å²) in [5, 5.41) is 3.73. The Bertz CT molecular complexity index is 415. The summed E-state index contributed by atoms with van der Waals surface area (Å²) in [6, 6.07) is 9.66. The van der Waals surface area contributed by atoms with E-state index in [0.29, 0.717) is 0 Å². The van der Waals surface area contributed by atoms with Gasteiger partial charge in [-0.2, -0.15) is 0 Å². The lowest BCUT2D eigenvalue weighted by Crippen LogP contribution is -2.30. The summed E-state index contributed by atoms with van der Waals surface area (Å²) in [6.45, 7) is 5.96. The van der Waals surface area contributed by atoms with Gasteiger partial charge in [0.05, 0.1) is 0 Å². The van der Waals surface area contributed by atoms with Crippen molar-refractivity contribution in [2.45, 2.75) is 45.1 Å². The third kappa shape index (κ3) is 3.11. The lowest BCUT2D eigenvalue weighted by atomic mass is 10.1. The molecule has 1 saturated carbocycles. The van der Waals surface area contributed by atoms with Gasteiger partial charge in [-0.3, -0.25) is 0 Å². The van der Waals surface area contributed by atoms with Gasteiger partial charge in [-0.05, 0) is 56.2 Å². The first-order chi connectivity index (χ1) is 9.33. The van der Waals surface area contributed by atoms with E-state index in [9.17, 15) is 0 Å². The minimum Gasteiger partial charge on any atom is -0.371 e. The Balaban J connectivity index is 1.39. The highest BCUT2D eigenvalue weighted by molar-refractivity contribution is 5.57. The minimum atomic E-state index is 0.792. The third-order valence-corrected chi connectivity index (χ3v) is 4.72. The quantitative estimate of drug-likeness (QED) is 0.816. The summed E-state index contributed by atoms with van der Waals surface area (Å²) in [5.41, 5.74) is 3.00. The van der Waals surface area contributed by atoms with E-state index in [1.165, 1.54) is 63.0 Å². The molecule has 2 nitrogen and oxygen atoms in total.